The molecule has 1 N–H and O–H groups in total. The number of rotatable bonds is 12. The van der Waals surface area contributed by atoms with Gasteiger partial charge in [-0.15, -0.1) is 0 Å². The molecule has 4 rings (SSSR count). The lowest BCUT2D eigenvalue weighted by Gasteiger charge is -2.15. The van der Waals surface area contributed by atoms with E-state index in [-0.39, 0.29) is 5.92 Å². The van der Waals surface area contributed by atoms with Crippen LogP contribution in [-0.4, -0.2) is 15.4 Å². The lowest BCUT2D eigenvalue weighted by molar-refractivity contribution is 0.546. The van der Waals surface area contributed by atoms with Crippen LogP contribution in [0.25, 0.3) is 11.1 Å². The molecular weight excluding hydrogens is 406 g/mol. The average Bonchev–Trinajstić information content (AvgIpc) is 3.49. The zero-order valence-corrected chi connectivity index (χ0v) is 20.8. The van der Waals surface area contributed by atoms with Gasteiger partial charge in [0.05, 0.1) is 23.6 Å². The molecule has 2 aromatic heterocycles. The summed E-state index contributed by atoms with van der Waals surface area (Å²) in [5.74, 6) is 1.06. The Morgan fingerprint density at radius 2 is 1.58 bits per heavy atom. The van der Waals surface area contributed by atoms with Gasteiger partial charge in [0.2, 0.25) is 0 Å². The predicted octanol–water partition coefficient (Wildman–Crippen LogP) is 8.16. The van der Waals surface area contributed by atoms with Gasteiger partial charge in [0, 0.05) is 5.57 Å². The summed E-state index contributed by atoms with van der Waals surface area (Å²) in [5.41, 5.74) is 9.69. The van der Waals surface area contributed by atoms with E-state index in [1.165, 1.54) is 91.2 Å². The van der Waals surface area contributed by atoms with Crippen LogP contribution in [0.5, 0.6) is 0 Å². The number of H-pyrrole nitrogens is 1. The highest BCUT2D eigenvalue weighted by molar-refractivity contribution is 5.99. The first kappa shape index (κ1) is 23.5. The highest BCUT2D eigenvalue weighted by Gasteiger charge is 2.36. The number of allylic oxidation sites excluding steroid dienone is 2. The van der Waals surface area contributed by atoms with Gasteiger partial charge in [-0.05, 0) is 61.4 Å². The fourth-order valence-corrected chi connectivity index (χ4v) is 5.24. The number of aromatic nitrogens is 3. The van der Waals surface area contributed by atoms with Crippen molar-refractivity contribution in [1.29, 1.82) is 0 Å². The molecular formula is C29H39N3O. The zero-order valence-electron chi connectivity index (χ0n) is 20.8. The zero-order chi connectivity index (χ0) is 23.2. The summed E-state index contributed by atoms with van der Waals surface area (Å²) in [4.78, 5) is 0. The molecule has 4 nitrogen and oxygen atoms in total. The van der Waals surface area contributed by atoms with E-state index in [1.807, 2.05) is 6.26 Å². The summed E-state index contributed by atoms with van der Waals surface area (Å²) in [6, 6.07) is 8.70. The number of benzene rings is 1. The molecule has 1 unspecified atom stereocenters. The van der Waals surface area contributed by atoms with Crippen molar-refractivity contribution in [3.63, 3.8) is 0 Å². The molecule has 0 radical (unpaired) electrons. The maximum Gasteiger partial charge on any atom is 0.134 e. The van der Waals surface area contributed by atoms with Crippen LogP contribution in [-0.2, 0) is 6.42 Å². The Kier molecular flexibility index (Phi) is 7.85. The molecule has 0 fully saturated rings. The Bertz CT molecular complexity index is 1090. The number of hydrogen-bond acceptors (Lipinski definition) is 3. The maximum absolute atomic E-state index is 6.09. The molecule has 0 saturated carbocycles. The van der Waals surface area contributed by atoms with Crippen molar-refractivity contribution in [2.75, 3.05) is 0 Å². The largest absolute Gasteiger partial charge is 0.464 e. The molecule has 4 heteroatoms. The van der Waals surface area contributed by atoms with Gasteiger partial charge in [-0.3, -0.25) is 0 Å². The number of fused-ring (bicyclic) bond motifs is 1. The lowest BCUT2D eigenvalue weighted by atomic mass is 9.88. The molecule has 1 aromatic carbocycles. The van der Waals surface area contributed by atoms with Crippen LogP contribution in [0.2, 0.25) is 0 Å². The van der Waals surface area contributed by atoms with Crippen LogP contribution in [0, 0.1) is 13.8 Å². The minimum absolute atomic E-state index is 0.0674. The van der Waals surface area contributed by atoms with E-state index in [0.717, 1.165) is 23.6 Å². The summed E-state index contributed by atoms with van der Waals surface area (Å²) in [6.07, 6.45) is 14.8. The van der Waals surface area contributed by atoms with Gasteiger partial charge >= 0.3 is 0 Å². The number of unbranched alkanes of at least 4 members (excludes halogenated alkanes) is 8. The fraction of sp³-hybridized carbons (Fsp3) is 0.517. The molecule has 0 bridgehead atoms. The molecule has 0 saturated heterocycles. The van der Waals surface area contributed by atoms with E-state index in [4.69, 9.17) is 4.42 Å². The van der Waals surface area contributed by atoms with E-state index in [0.29, 0.717) is 0 Å². The Morgan fingerprint density at radius 3 is 2.27 bits per heavy atom. The van der Waals surface area contributed by atoms with E-state index < -0.39 is 0 Å². The number of aryl methyl sites for hydroxylation is 2. The third kappa shape index (κ3) is 5.00. The van der Waals surface area contributed by atoms with Gasteiger partial charge in [-0.25, -0.2) is 0 Å². The van der Waals surface area contributed by atoms with Crippen molar-refractivity contribution in [1.82, 2.24) is 15.4 Å². The van der Waals surface area contributed by atoms with Crippen LogP contribution < -0.4 is 0 Å². The van der Waals surface area contributed by atoms with Gasteiger partial charge in [-0.1, -0.05) is 82.6 Å². The predicted molar refractivity (Wildman–Crippen MR) is 136 cm³/mol. The summed E-state index contributed by atoms with van der Waals surface area (Å²) in [7, 11) is 0. The number of aromatic amines is 1. The highest BCUT2D eigenvalue weighted by atomic mass is 16.3. The standard InChI is InChI=1S/C29H39N3O/c1-5-6-7-8-9-10-11-12-13-18-25-28(31-32-30-25)27-24-17-15-14-16-23(24)22(4)26(27)29-21(3)20(2)19-33-29/h14-17,19,27H,5-13,18H2,1-4H3,(H,30,31,32). The smallest absolute Gasteiger partial charge is 0.134 e. The highest BCUT2D eigenvalue weighted by Crippen LogP contribution is 2.51. The van der Waals surface area contributed by atoms with Crippen molar-refractivity contribution in [3.05, 3.63) is 69.9 Å². The second kappa shape index (κ2) is 11.0. The summed E-state index contributed by atoms with van der Waals surface area (Å²) >= 11 is 0. The molecule has 33 heavy (non-hydrogen) atoms. The fourth-order valence-electron chi connectivity index (χ4n) is 5.24. The van der Waals surface area contributed by atoms with Gasteiger partial charge in [-0.2, -0.15) is 15.4 Å². The van der Waals surface area contributed by atoms with Crippen molar-refractivity contribution in [3.8, 4) is 0 Å². The number of hydrogen-bond donors (Lipinski definition) is 1. The minimum atomic E-state index is 0.0674. The van der Waals surface area contributed by atoms with E-state index in [9.17, 15) is 0 Å². The monoisotopic (exact) mass is 445 g/mol. The molecule has 0 spiro atoms. The van der Waals surface area contributed by atoms with Crippen LogP contribution in [0.1, 0.15) is 117 Å². The van der Waals surface area contributed by atoms with Gasteiger partial charge in [0.25, 0.3) is 0 Å². The number of furan rings is 1. The SMILES string of the molecule is CCCCCCCCCCCc1n[nH]nc1C1C(c2occ(C)c2C)=C(C)c2ccccc21. The third-order valence-corrected chi connectivity index (χ3v) is 7.34. The van der Waals surface area contributed by atoms with E-state index in [2.05, 4.69) is 67.4 Å². The van der Waals surface area contributed by atoms with Crippen molar-refractivity contribution >= 4 is 11.1 Å². The van der Waals surface area contributed by atoms with Crippen molar-refractivity contribution in [2.24, 2.45) is 0 Å². The first-order valence-electron chi connectivity index (χ1n) is 12.9. The van der Waals surface area contributed by atoms with E-state index >= 15 is 0 Å². The van der Waals surface area contributed by atoms with Crippen LogP contribution >= 0.6 is 0 Å². The van der Waals surface area contributed by atoms with Crippen molar-refractivity contribution < 1.29 is 4.42 Å². The molecule has 0 amide bonds. The van der Waals surface area contributed by atoms with Gasteiger partial charge < -0.3 is 4.42 Å². The Morgan fingerprint density at radius 1 is 0.879 bits per heavy atom. The summed E-state index contributed by atoms with van der Waals surface area (Å²) < 4.78 is 6.09. The lowest BCUT2D eigenvalue weighted by Crippen LogP contribution is -2.06. The molecule has 2 heterocycles. The van der Waals surface area contributed by atoms with Crippen molar-refractivity contribution in [2.45, 2.75) is 97.8 Å². The quantitative estimate of drug-likeness (QED) is 0.286. The first-order chi connectivity index (χ1) is 16.1. The molecule has 1 atom stereocenters. The molecule has 176 valence electrons. The Hall–Kier alpha value is -2.62. The van der Waals surface area contributed by atoms with Gasteiger partial charge in [0.1, 0.15) is 5.76 Å². The second-order valence-electron chi connectivity index (χ2n) is 9.67. The molecule has 3 aromatic rings. The average molecular weight is 446 g/mol. The van der Waals surface area contributed by atoms with Gasteiger partial charge in [0.15, 0.2) is 0 Å². The number of nitrogens with zero attached hydrogens (tertiary/aromatic N) is 2. The third-order valence-electron chi connectivity index (χ3n) is 7.34. The normalized spacial score (nSPS) is 15.5. The molecule has 1 aliphatic rings. The van der Waals surface area contributed by atoms with Crippen LogP contribution in [0.15, 0.2) is 34.9 Å². The molecule has 1 aliphatic carbocycles. The van der Waals surface area contributed by atoms with E-state index in [1.54, 1.807) is 0 Å². The topological polar surface area (TPSA) is 54.7 Å². The summed E-state index contributed by atoms with van der Waals surface area (Å²) in [6.45, 7) is 8.76. The maximum atomic E-state index is 6.09. The molecule has 0 aliphatic heterocycles. The number of nitrogens with one attached hydrogen (secondary N) is 1. The van der Waals surface area contributed by atoms with Crippen LogP contribution in [0.4, 0.5) is 0 Å². The summed E-state index contributed by atoms with van der Waals surface area (Å²) in [5, 5.41) is 12.2. The van der Waals surface area contributed by atoms with Crippen LogP contribution in [0.3, 0.4) is 0 Å². The second-order valence-corrected chi connectivity index (χ2v) is 9.67. The minimum Gasteiger partial charge on any atom is -0.464 e. The Balaban J connectivity index is 1.48. The first-order valence-corrected chi connectivity index (χ1v) is 12.9. The Labute approximate surface area is 198 Å².